The van der Waals surface area contributed by atoms with Crippen molar-refractivity contribution < 1.29 is 0 Å². The van der Waals surface area contributed by atoms with Gasteiger partial charge in [0.15, 0.2) is 0 Å². The van der Waals surface area contributed by atoms with Gasteiger partial charge in [-0.05, 0) is 35.9 Å². The van der Waals surface area contributed by atoms with Crippen LogP contribution in [0.5, 0.6) is 0 Å². The molecule has 6 heteroatoms. The molecule has 1 aromatic heterocycles. The lowest BCUT2D eigenvalue weighted by Gasteiger charge is -2.31. The minimum Gasteiger partial charge on any atom is -0.379 e. The number of nitriles is 1. The van der Waals surface area contributed by atoms with Gasteiger partial charge in [-0.15, -0.1) is 0 Å². The van der Waals surface area contributed by atoms with Crippen LogP contribution in [0, 0.1) is 11.3 Å². The van der Waals surface area contributed by atoms with E-state index in [1.165, 1.54) is 0 Å². The van der Waals surface area contributed by atoms with Crippen LogP contribution >= 0.6 is 0 Å². The molecule has 0 spiro atoms. The molecule has 6 nitrogen and oxygen atoms in total. The number of anilines is 2. The van der Waals surface area contributed by atoms with E-state index in [-0.39, 0.29) is 0 Å². The molecule has 1 fully saturated rings. The second-order valence-corrected chi connectivity index (χ2v) is 6.31. The molecule has 2 heterocycles. The van der Waals surface area contributed by atoms with E-state index in [9.17, 15) is 5.26 Å². The van der Waals surface area contributed by atoms with E-state index in [0.29, 0.717) is 12.1 Å². The molecule has 26 heavy (non-hydrogen) atoms. The molecule has 0 aliphatic carbocycles. The lowest BCUT2D eigenvalue weighted by atomic mass is 10.1. The van der Waals surface area contributed by atoms with Gasteiger partial charge in [0.2, 0.25) is 0 Å². The zero-order valence-electron chi connectivity index (χ0n) is 14.4. The smallest absolute Gasteiger partial charge is 0.0992 e. The molecule has 0 radical (unpaired) electrons. The van der Waals surface area contributed by atoms with Crippen molar-refractivity contribution >= 4 is 22.4 Å². The van der Waals surface area contributed by atoms with E-state index >= 15 is 0 Å². The van der Waals surface area contributed by atoms with Crippen molar-refractivity contribution in [2.45, 2.75) is 6.54 Å². The average molecular weight is 344 g/mol. The molecule has 130 valence electrons. The maximum atomic E-state index is 9.25. The second kappa shape index (κ2) is 7.38. The molecule has 1 aliphatic rings. The van der Waals surface area contributed by atoms with E-state index in [4.69, 9.17) is 0 Å². The number of fused-ring (bicyclic) bond motifs is 1. The fraction of sp³-hybridized carbons (Fsp3) is 0.250. The predicted molar refractivity (Wildman–Crippen MR) is 103 cm³/mol. The van der Waals surface area contributed by atoms with Gasteiger partial charge in [-0.2, -0.15) is 5.26 Å². The molecule has 4 rings (SSSR count). The number of hydrogen-bond donors (Lipinski definition) is 2. The maximum Gasteiger partial charge on any atom is 0.0992 e. The van der Waals surface area contributed by atoms with Crippen molar-refractivity contribution in [2.24, 2.45) is 0 Å². The molecule has 0 amide bonds. The molecule has 3 aromatic rings. The molecule has 2 aromatic carbocycles. The third-order valence-electron chi connectivity index (χ3n) is 4.60. The SMILES string of the molecule is N#Cc1ccc(N2CCNCC2)c(NCc2ccc3nccnc3c2)c1. The molecular formula is C20H20N6. The zero-order chi connectivity index (χ0) is 17.8. The van der Waals surface area contributed by atoms with Gasteiger partial charge in [-0.1, -0.05) is 6.07 Å². The Bertz CT molecular complexity index is 956. The topological polar surface area (TPSA) is 76.9 Å². The van der Waals surface area contributed by atoms with Crippen LogP contribution in [-0.4, -0.2) is 36.1 Å². The highest BCUT2D eigenvalue weighted by molar-refractivity contribution is 5.75. The van der Waals surface area contributed by atoms with Gasteiger partial charge < -0.3 is 15.5 Å². The van der Waals surface area contributed by atoms with Crippen molar-refractivity contribution in [3.8, 4) is 6.07 Å². The van der Waals surface area contributed by atoms with E-state index < -0.39 is 0 Å². The Hall–Kier alpha value is -3.17. The Labute approximate surface area is 152 Å². The monoisotopic (exact) mass is 344 g/mol. The van der Waals surface area contributed by atoms with Gasteiger partial charge in [-0.3, -0.25) is 9.97 Å². The van der Waals surface area contributed by atoms with Crippen LogP contribution in [0.2, 0.25) is 0 Å². The first kappa shape index (κ1) is 16.3. The van der Waals surface area contributed by atoms with Gasteiger partial charge in [0.1, 0.15) is 0 Å². The highest BCUT2D eigenvalue weighted by Gasteiger charge is 2.14. The van der Waals surface area contributed by atoms with Crippen molar-refractivity contribution in [1.82, 2.24) is 15.3 Å². The van der Waals surface area contributed by atoms with E-state index in [1.807, 2.05) is 30.3 Å². The molecule has 1 aliphatic heterocycles. The first-order valence-corrected chi connectivity index (χ1v) is 8.77. The number of hydrogen-bond acceptors (Lipinski definition) is 6. The van der Waals surface area contributed by atoms with Gasteiger partial charge in [0, 0.05) is 45.1 Å². The van der Waals surface area contributed by atoms with Crippen LogP contribution in [0.15, 0.2) is 48.8 Å². The summed E-state index contributed by atoms with van der Waals surface area (Å²) in [7, 11) is 0. The molecule has 2 N–H and O–H groups in total. The number of nitrogens with zero attached hydrogens (tertiary/aromatic N) is 4. The van der Waals surface area contributed by atoms with Crippen molar-refractivity contribution in [1.29, 1.82) is 5.26 Å². The van der Waals surface area contributed by atoms with Crippen molar-refractivity contribution in [2.75, 3.05) is 36.4 Å². The highest BCUT2D eigenvalue weighted by atomic mass is 15.2. The van der Waals surface area contributed by atoms with Gasteiger partial charge >= 0.3 is 0 Å². The van der Waals surface area contributed by atoms with Crippen LogP contribution in [0.3, 0.4) is 0 Å². The summed E-state index contributed by atoms with van der Waals surface area (Å²) < 4.78 is 0. The van der Waals surface area contributed by atoms with Crippen molar-refractivity contribution in [3.05, 3.63) is 59.9 Å². The van der Waals surface area contributed by atoms with Gasteiger partial charge in [0.05, 0.1) is 34.0 Å². The van der Waals surface area contributed by atoms with Crippen LogP contribution in [0.1, 0.15) is 11.1 Å². The molecule has 0 unspecified atom stereocenters. The van der Waals surface area contributed by atoms with Crippen LogP contribution in [-0.2, 0) is 6.54 Å². The molecular weight excluding hydrogens is 324 g/mol. The predicted octanol–water partition coefficient (Wildman–Crippen LogP) is 2.52. The molecule has 0 atom stereocenters. The second-order valence-electron chi connectivity index (χ2n) is 6.31. The molecule has 0 bridgehead atoms. The summed E-state index contributed by atoms with van der Waals surface area (Å²) in [5, 5.41) is 16.1. The zero-order valence-corrected chi connectivity index (χ0v) is 14.4. The first-order valence-electron chi connectivity index (χ1n) is 8.77. The number of nitrogens with one attached hydrogen (secondary N) is 2. The number of aromatic nitrogens is 2. The van der Waals surface area contributed by atoms with Gasteiger partial charge in [-0.25, -0.2) is 0 Å². The lowest BCUT2D eigenvalue weighted by Crippen LogP contribution is -2.43. The summed E-state index contributed by atoms with van der Waals surface area (Å²) in [4.78, 5) is 11.0. The van der Waals surface area contributed by atoms with Crippen LogP contribution < -0.4 is 15.5 Å². The average Bonchev–Trinajstić information content (AvgIpc) is 2.72. The Morgan fingerprint density at radius 3 is 2.65 bits per heavy atom. The third-order valence-corrected chi connectivity index (χ3v) is 4.60. The van der Waals surface area contributed by atoms with Crippen LogP contribution in [0.25, 0.3) is 11.0 Å². The van der Waals surface area contributed by atoms with E-state index in [2.05, 4.69) is 37.6 Å². The van der Waals surface area contributed by atoms with E-state index in [0.717, 1.165) is 54.2 Å². The number of rotatable bonds is 4. The van der Waals surface area contributed by atoms with E-state index in [1.54, 1.807) is 12.4 Å². The minimum absolute atomic E-state index is 0.663. The number of piperazine rings is 1. The Morgan fingerprint density at radius 1 is 1.04 bits per heavy atom. The molecule has 1 saturated heterocycles. The Morgan fingerprint density at radius 2 is 1.85 bits per heavy atom. The summed E-state index contributed by atoms with van der Waals surface area (Å²) in [5.41, 5.74) is 5.71. The minimum atomic E-state index is 0.663. The summed E-state index contributed by atoms with van der Waals surface area (Å²) in [6, 6.07) is 14.2. The standard InChI is InChI=1S/C20H20N6/c21-13-15-2-4-20(26-9-7-22-8-10-26)19(11-15)25-14-16-1-3-17-18(12-16)24-6-5-23-17/h1-6,11-12,22,25H,7-10,14H2. The number of benzene rings is 2. The quantitative estimate of drug-likeness (QED) is 0.757. The van der Waals surface area contributed by atoms with Crippen molar-refractivity contribution in [3.63, 3.8) is 0 Å². The fourth-order valence-electron chi connectivity index (χ4n) is 3.24. The summed E-state index contributed by atoms with van der Waals surface area (Å²) in [6.45, 7) is 4.55. The maximum absolute atomic E-state index is 9.25. The van der Waals surface area contributed by atoms with Gasteiger partial charge in [0.25, 0.3) is 0 Å². The summed E-state index contributed by atoms with van der Waals surface area (Å²) in [5.74, 6) is 0. The first-order chi connectivity index (χ1) is 12.8. The Balaban J connectivity index is 1.58. The fourth-order valence-corrected chi connectivity index (χ4v) is 3.24. The largest absolute Gasteiger partial charge is 0.379 e. The summed E-state index contributed by atoms with van der Waals surface area (Å²) >= 11 is 0. The molecule has 0 saturated carbocycles. The normalized spacial score (nSPS) is 14.2. The van der Waals surface area contributed by atoms with Crippen LogP contribution in [0.4, 0.5) is 11.4 Å². The third kappa shape index (κ3) is 3.44. The lowest BCUT2D eigenvalue weighted by molar-refractivity contribution is 0.589. The summed E-state index contributed by atoms with van der Waals surface area (Å²) in [6.07, 6.45) is 3.41. The highest BCUT2D eigenvalue weighted by Crippen LogP contribution is 2.28. The Kier molecular flexibility index (Phi) is 4.63.